The van der Waals surface area contributed by atoms with Crippen LogP contribution in [0.4, 0.5) is 11.6 Å². The van der Waals surface area contributed by atoms with Crippen LogP contribution in [0.3, 0.4) is 0 Å². The molecule has 2 rings (SSSR count). The topological polar surface area (TPSA) is 68.3 Å². The fourth-order valence-electron chi connectivity index (χ4n) is 2.22. The highest BCUT2D eigenvalue weighted by atomic mass is 16.5. The second-order valence-electron chi connectivity index (χ2n) is 4.94. The molecular weight excluding hydrogens is 244 g/mol. The van der Waals surface area contributed by atoms with E-state index in [-0.39, 0.29) is 11.6 Å². The van der Waals surface area contributed by atoms with Crippen LogP contribution in [0.1, 0.15) is 27.2 Å². The molecular formula is C13H22N4O2. The molecule has 1 saturated heterocycles. The molecule has 1 aromatic heterocycles. The van der Waals surface area contributed by atoms with E-state index < -0.39 is 0 Å². The minimum absolute atomic E-state index is 0.134. The molecule has 19 heavy (non-hydrogen) atoms. The van der Waals surface area contributed by atoms with E-state index in [4.69, 9.17) is 9.47 Å². The number of ether oxygens (including phenoxy) is 2. The summed E-state index contributed by atoms with van der Waals surface area (Å²) in [6.45, 7) is 7.77. The van der Waals surface area contributed by atoms with Gasteiger partial charge in [0.05, 0.1) is 18.8 Å². The quantitative estimate of drug-likeness (QED) is 0.848. The first kappa shape index (κ1) is 13.9. The van der Waals surface area contributed by atoms with E-state index in [0.29, 0.717) is 17.4 Å². The highest BCUT2D eigenvalue weighted by Gasteiger charge is 2.38. The summed E-state index contributed by atoms with van der Waals surface area (Å²) in [5.74, 6) is 2.05. The van der Waals surface area contributed by atoms with Gasteiger partial charge in [0.25, 0.3) is 0 Å². The third-order valence-corrected chi connectivity index (χ3v) is 3.64. The van der Waals surface area contributed by atoms with Gasteiger partial charge in [0.2, 0.25) is 5.75 Å². The average Bonchev–Trinajstić information content (AvgIpc) is 2.70. The maximum Gasteiger partial charge on any atom is 0.204 e. The van der Waals surface area contributed by atoms with E-state index in [1.54, 1.807) is 7.11 Å². The molecule has 0 radical (unpaired) electrons. The fraction of sp³-hybridized carbons (Fsp3) is 0.692. The number of nitrogens with zero attached hydrogens (tertiary/aromatic N) is 2. The minimum Gasteiger partial charge on any atom is -0.490 e. The van der Waals surface area contributed by atoms with E-state index >= 15 is 0 Å². The second-order valence-corrected chi connectivity index (χ2v) is 4.94. The Morgan fingerprint density at radius 3 is 2.79 bits per heavy atom. The van der Waals surface area contributed by atoms with E-state index in [2.05, 4.69) is 34.4 Å². The highest BCUT2D eigenvalue weighted by Crippen LogP contribution is 2.35. The molecule has 2 unspecified atom stereocenters. The van der Waals surface area contributed by atoms with E-state index in [0.717, 1.165) is 19.6 Å². The smallest absolute Gasteiger partial charge is 0.204 e. The SMILES string of the molecule is CCNc1ncnc(NC2(C)CCOC2C)c1OC. The molecule has 6 heteroatoms. The summed E-state index contributed by atoms with van der Waals surface area (Å²) >= 11 is 0. The summed E-state index contributed by atoms with van der Waals surface area (Å²) in [4.78, 5) is 8.49. The molecule has 1 fully saturated rings. The van der Waals surface area contributed by atoms with Crippen molar-refractivity contribution >= 4 is 11.6 Å². The van der Waals surface area contributed by atoms with Gasteiger partial charge in [-0.15, -0.1) is 0 Å². The molecule has 0 saturated carbocycles. The van der Waals surface area contributed by atoms with Crippen molar-refractivity contribution in [1.82, 2.24) is 9.97 Å². The Balaban J connectivity index is 2.27. The van der Waals surface area contributed by atoms with Crippen molar-refractivity contribution in [3.05, 3.63) is 6.33 Å². The van der Waals surface area contributed by atoms with Crippen LogP contribution < -0.4 is 15.4 Å². The number of hydrogen-bond donors (Lipinski definition) is 2. The van der Waals surface area contributed by atoms with Crippen LogP contribution in [0.25, 0.3) is 0 Å². The predicted octanol–water partition coefficient (Wildman–Crippen LogP) is 1.90. The van der Waals surface area contributed by atoms with Crippen molar-refractivity contribution in [2.24, 2.45) is 0 Å². The first-order chi connectivity index (χ1) is 9.10. The lowest BCUT2D eigenvalue weighted by Gasteiger charge is -2.30. The Hall–Kier alpha value is -1.56. The van der Waals surface area contributed by atoms with E-state index in [9.17, 15) is 0 Å². The molecule has 1 aliphatic rings. The van der Waals surface area contributed by atoms with Crippen molar-refractivity contribution in [2.75, 3.05) is 30.9 Å². The maximum atomic E-state index is 5.63. The molecule has 0 aromatic carbocycles. The third kappa shape index (κ3) is 2.73. The molecule has 2 atom stereocenters. The van der Waals surface area contributed by atoms with Crippen LogP contribution in [0.2, 0.25) is 0 Å². The molecule has 0 amide bonds. The van der Waals surface area contributed by atoms with Crippen LogP contribution in [0.5, 0.6) is 5.75 Å². The maximum absolute atomic E-state index is 5.63. The van der Waals surface area contributed by atoms with Crippen LogP contribution in [-0.2, 0) is 4.74 Å². The van der Waals surface area contributed by atoms with E-state index in [1.807, 2.05) is 6.92 Å². The summed E-state index contributed by atoms with van der Waals surface area (Å²) < 4.78 is 11.1. The number of nitrogens with one attached hydrogen (secondary N) is 2. The Morgan fingerprint density at radius 2 is 2.21 bits per heavy atom. The largest absolute Gasteiger partial charge is 0.490 e. The van der Waals surface area contributed by atoms with Gasteiger partial charge in [-0.3, -0.25) is 0 Å². The molecule has 1 aromatic rings. The molecule has 6 nitrogen and oxygen atoms in total. The second kappa shape index (κ2) is 5.61. The molecule has 0 spiro atoms. The van der Waals surface area contributed by atoms with Crippen molar-refractivity contribution in [1.29, 1.82) is 0 Å². The van der Waals surface area contributed by atoms with Crippen molar-refractivity contribution < 1.29 is 9.47 Å². The number of rotatable bonds is 5. The zero-order valence-electron chi connectivity index (χ0n) is 12.0. The Labute approximate surface area is 113 Å². The Morgan fingerprint density at radius 1 is 1.47 bits per heavy atom. The van der Waals surface area contributed by atoms with Crippen LogP contribution in [0.15, 0.2) is 6.33 Å². The lowest BCUT2D eigenvalue weighted by molar-refractivity contribution is 0.105. The lowest BCUT2D eigenvalue weighted by Crippen LogP contribution is -2.41. The number of hydrogen-bond acceptors (Lipinski definition) is 6. The summed E-state index contributed by atoms with van der Waals surface area (Å²) in [7, 11) is 1.63. The summed E-state index contributed by atoms with van der Waals surface area (Å²) in [6, 6.07) is 0. The minimum atomic E-state index is -0.134. The third-order valence-electron chi connectivity index (χ3n) is 3.64. The van der Waals surface area contributed by atoms with Gasteiger partial charge in [-0.05, 0) is 27.2 Å². The Bertz CT molecular complexity index is 441. The van der Waals surface area contributed by atoms with Crippen LogP contribution >= 0.6 is 0 Å². The van der Waals surface area contributed by atoms with Crippen molar-refractivity contribution in [3.8, 4) is 5.75 Å². The van der Waals surface area contributed by atoms with Crippen LogP contribution in [0, 0.1) is 0 Å². The fourth-order valence-corrected chi connectivity index (χ4v) is 2.22. The van der Waals surface area contributed by atoms with Gasteiger partial charge in [0.15, 0.2) is 11.6 Å². The first-order valence-corrected chi connectivity index (χ1v) is 6.63. The van der Waals surface area contributed by atoms with Gasteiger partial charge in [0.1, 0.15) is 6.33 Å². The zero-order valence-corrected chi connectivity index (χ0v) is 12.0. The van der Waals surface area contributed by atoms with E-state index in [1.165, 1.54) is 6.33 Å². The highest BCUT2D eigenvalue weighted by molar-refractivity contribution is 5.64. The number of aromatic nitrogens is 2. The zero-order chi connectivity index (χ0) is 13.9. The Kier molecular flexibility index (Phi) is 4.09. The molecule has 0 aliphatic carbocycles. The van der Waals surface area contributed by atoms with Crippen LogP contribution in [-0.4, -0.2) is 41.9 Å². The molecule has 106 valence electrons. The van der Waals surface area contributed by atoms with Crippen molar-refractivity contribution in [3.63, 3.8) is 0 Å². The molecule has 0 bridgehead atoms. The molecule has 2 N–H and O–H groups in total. The average molecular weight is 266 g/mol. The van der Waals surface area contributed by atoms with Crippen molar-refractivity contribution in [2.45, 2.75) is 38.8 Å². The van der Waals surface area contributed by atoms with Gasteiger partial charge in [0, 0.05) is 13.2 Å². The van der Waals surface area contributed by atoms with Gasteiger partial charge in [-0.1, -0.05) is 0 Å². The number of methoxy groups -OCH3 is 1. The summed E-state index contributed by atoms with van der Waals surface area (Å²) in [5.41, 5.74) is -0.134. The molecule has 2 heterocycles. The van der Waals surface area contributed by atoms with Gasteiger partial charge in [-0.25, -0.2) is 9.97 Å². The summed E-state index contributed by atoms with van der Waals surface area (Å²) in [6.07, 6.45) is 2.61. The first-order valence-electron chi connectivity index (χ1n) is 6.63. The standard InChI is InChI=1S/C13H22N4O2/c1-5-14-11-10(18-4)12(16-8-15-11)17-13(3)6-7-19-9(13)2/h8-9H,5-7H2,1-4H3,(H2,14,15,16,17). The molecule has 1 aliphatic heterocycles. The van der Waals surface area contributed by atoms with Gasteiger partial charge < -0.3 is 20.1 Å². The normalized spacial score (nSPS) is 26.2. The lowest BCUT2D eigenvalue weighted by atomic mass is 9.95. The van der Waals surface area contributed by atoms with Gasteiger partial charge >= 0.3 is 0 Å². The predicted molar refractivity (Wildman–Crippen MR) is 74.8 cm³/mol. The monoisotopic (exact) mass is 266 g/mol. The summed E-state index contributed by atoms with van der Waals surface area (Å²) in [5, 5.41) is 6.61. The van der Waals surface area contributed by atoms with Gasteiger partial charge in [-0.2, -0.15) is 0 Å². The number of anilines is 2.